The van der Waals surface area contributed by atoms with E-state index >= 15 is 0 Å². The summed E-state index contributed by atoms with van der Waals surface area (Å²) in [5, 5.41) is 4.36. The van der Waals surface area contributed by atoms with E-state index in [1.165, 1.54) is 0 Å². The Labute approximate surface area is 224 Å². The molecule has 7 heteroatoms. The first kappa shape index (κ1) is 22.2. The highest BCUT2D eigenvalue weighted by Crippen LogP contribution is 2.43. The Morgan fingerprint density at radius 2 is 1.62 bits per heavy atom. The van der Waals surface area contributed by atoms with Crippen LogP contribution in [0.5, 0.6) is 5.75 Å². The molecular weight excluding hydrogens is 484 g/mol. The van der Waals surface area contributed by atoms with Crippen molar-refractivity contribution in [3.05, 3.63) is 78.3 Å². The molecule has 0 fully saturated rings. The Morgan fingerprint density at radius 1 is 0.821 bits per heavy atom. The molecule has 0 radical (unpaired) electrons. The van der Waals surface area contributed by atoms with E-state index < -0.39 is 0 Å². The first-order valence-corrected chi connectivity index (χ1v) is 13.4. The van der Waals surface area contributed by atoms with E-state index in [1.807, 2.05) is 0 Å². The minimum absolute atomic E-state index is 0.291. The van der Waals surface area contributed by atoms with E-state index in [-0.39, 0.29) is 0 Å². The highest BCUT2D eigenvalue weighted by molar-refractivity contribution is 6.21. The van der Waals surface area contributed by atoms with Crippen LogP contribution in [0.2, 0.25) is 0 Å². The second kappa shape index (κ2) is 8.11. The number of benzene rings is 4. The molecule has 0 bridgehead atoms. The number of aromatic nitrogens is 6. The third kappa shape index (κ3) is 3.22. The van der Waals surface area contributed by atoms with Crippen molar-refractivity contribution in [1.82, 2.24) is 29.9 Å². The standard InChI is InChI=1S/C32H26N6O/c1-4-25-35-24-15-39-31-20-8-5-17(13-19(20)7-10-22(31)26(24)36-25)18-6-9-21-23(14-18)27-29(34-12-11-33-27)30-28(21)37-32(38-30)16(2)3/h5-14,16H,4,15H2,1-3H3,(H,35,36)(H,37,38). The lowest BCUT2D eigenvalue weighted by atomic mass is 9.95. The van der Waals surface area contributed by atoms with Gasteiger partial charge in [0.25, 0.3) is 0 Å². The summed E-state index contributed by atoms with van der Waals surface area (Å²) in [6.07, 6.45) is 4.37. The van der Waals surface area contributed by atoms with Gasteiger partial charge in [0.1, 0.15) is 29.5 Å². The summed E-state index contributed by atoms with van der Waals surface area (Å²) in [6, 6.07) is 17.4. The van der Waals surface area contributed by atoms with Gasteiger partial charge in [-0.2, -0.15) is 0 Å². The van der Waals surface area contributed by atoms with Crippen LogP contribution in [0.1, 0.15) is 44.0 Å². The number of imidazole rings is 2. The Hall–Kier alpha value is -4.78. The molecule has 0 spiro atoms. The molecule has 4 heterocycles. The summed E-state index contributed by atoms with van der Waals surface area (Å²) in [4.78, 5) is 26.1. The number of ether oxygens (including phenoxy) is 1. The monoisotopic (exact) mass is 510 g/mol. The van der Waals surface area contributed by atoms with Crippen LogP contribution in [0, 0.1) is 0 Å². The van der Waals surface area contributed by atoms with E-state index in [2.05, 4.69) is 84.3 Å². The minimum atomic E-state index is 0.291. The van der Waals surface area contributed by atoms with Crippen LogP contribution in [0.25, 0.3) is 66.0 Å². The average molecular weight is 511 g/mol. The average Bonchev–Trinajstić information content (AvgIpc) is 3.62. The second-order valence-corrected chi connectivity index (χ2v) is 10.5. The first-order valence-electron chi connectivity index (χ1n) is 13.4. The van der Waals surface area contributed by atoms with Crippen LogP contribution in [0.3, 0.4) is 0 Å². The zero-order valence-electron chi connectivity index (χ0n) is 22.0. The number of rotatable bonds is 3. The van der Waals surface area contributed by atoms with Gasteiger partial charge in [-0.05, 0) is 34.7 Å². The van der Waals surface area contributed by atoms with Gasteiger partial charge in [-0.1, -0.05) is 51.1 Å². The molecule has 1 aliphatic rings. The Kier molecular flexibility index (Phi) is 4.62. The summed E-state index contributed by atoms with van der Waals surface area (Å²) in [5.74, 6) is 3.15. The summed E-state index contributed by atoms with van der Waals surface area (Å²) >= 11 is 0. The van der Waals surface area contributed by atoms with Gasteiger partial charge < -0.3 is 14.7 Å². The van der Waals surface area contributed by atoms with Gasteiger partial charge >= 0.3 is 0 Å². The summed E-state index contributed by atoms with van der Waals surface area (Å²) < 4.78 is 6.24. The van der Waals surface area contributed by atoms with Crippen LogP contribution in [-0.4, -0.2) is 29.9 Å². The maximum absolute atomic E-state index is 6.24. The molecule has 0 unspecified atom stereocenters. The largest absolute Gasteiger partial charge is 0.486 e. The third-order valence-corrected chi connectivity index (χ3v) is 7.82. The molecule has 0 saturated heterocycles. The lowest BCUT2D eigenvalue weighted by Gasteiger charge is -2.19. The fourth-order valence-corrected chi connectivity index (χ4v) is 5.80. The second-order valence-electron chi connectivity index (χ2n) is 10.5. The molecule has 0 aliphatic carbocycles. The minimum Gasteiger partial charge on any atom is -0.486 e. The summed E-state index contributed by atoms with van der Waals surface area (Å²) in [5.41, 5.74) is 8.98. The zero-order chi connectivity index (χ0) is 26.2. The Bertz CT molecular complexity index is 2100. The maximum atomic E-state index is 6.24. The van der Waals surface area contributed by atoms with Crippen LogP contribution < -0.4 is 4.74 Å². The van der Waals surface area contributed by atoms with Crippen molar-refractivity contribution in [2.24, 2.45) is 0 Å². The highest BCUT2D eigenvalue weighted by atomic mass is 16.5. The van der Waals surface area contributed by atoms with E-state index in [0.29, 0.717) is 12.5 Å². The van der Waals surface area contributed by atoms with Crippen molar-refractivity contribution >= 4 is 43.6 Å². The quantitative estimate of drug-likeness (QED) is 0.241. The number of hydrogen-bond acceptors (Lipinski definition) is 5. The normalized spacial score (nSPS) is 12.9. The predicted molar refractivity (Wildman–Crippen MR) is 155 cm³/mol. The number of aryl methyl sites for hydroxylation is 1. The van der Waals surface area contributed by atoms with Gasteiger partial charge in [0, 0.05) is 46.5 Å². The number of nitrogens with one attached hydrogen (secondary N) is 2. The van der Waals surface area contributed by atoms with E-state index in [4.69, 9.17) is 19.7 Å². The maximum Gasteiger partial charge on any atom is 0.137 e. The van der Waals surface area contributed by atoms with Crippen LogP contribution in [-0.2, 0) is 13.0 Å². The van der Waals surface area contributed by atoms with Crippen molar-refractivity contribution in [1.29, 1.82) is 0 Å². The van der Waals surface area contributed by atoms with Crippen molar-refractivity contribution in [2.75, 3.05) is 0 Å². The zero-order valence-corrected chi connectivity index (χ0v) is 22.0. The third-order valence-electron chi connectivity index (χ3n) is 7.82. The number of nitrogens with zero attached hydrogens (tertiary/aromatic N) is 4. The molecule has 1 aliphatic heterocycles. The molecule has 8 rings (SSSR count). The van der Waals surface area contributed by atoms with Crippen molar-refractivity contribution < 1.29 is 4.74 Å². The molecule has 7 nitrogen and oxygen atoms in total. The molecule has 0 saturated carbocycles. The van der Waals surface area contributed by atoms with Crippen LogP contribution in [0.4, 0.5) is 0 Å². The van der Waals surface area contributed by atoms with E-state index in [9.17, 15) is 0 Å². The van der Waals surface area contributed by atoms with Gasteiger partial charge in [-0.15, -0.1) is 0 Å². The molecular formula is C32H26N6O. The van der Waals surface area contributed by atoms with Gasteiger partial charge in [0.15, 0.2) is 0 Å². The Morgan fingerprint density at radius 3 is 2.44 bits per heavy atom. The van der Waals surface area contributed by atoms with E-state index in [1.54, 1.807) is 12.4 Å². The number of fused-ring (bicyclic) bond motifs is 11. The molecule has 39 heavy (non-hydrogen) atoms. The molecule has 3 aromatic heterocycles. The lowest BCUT2D eigenvalue weighted by molar-refractivity contribution is 0.301. The molecule has 0 atom stereocenters. The van der Waals surface area contributed by atoms with E-state index in [0.717, 1.165) is 95.5 Å². The molecule has 4 aromatic carbocycles. The van der Waals surface area contributed by atoms with Crippen LogP contribution >= 0.6 is 0 Å². The topological polar surface area (TPSA) is 92.4 Å². The fraction of sp³-hybridized carbons (Fsp3) is 0.188. The van der Waals surface area contributed by atoms with Gasteiger partial charge in [-0.25, -0.2) is 9.97 Å². The van der Waals surface area contributed by atoms with Crippen molar-refractivity contribution in [3.8, 4) is 28.1 Å². The predicted octanol–water partition coefficient (Wildman–Crippen LogP) is 7.45. The Balaban J connectivity index is 1.29. The number of H-pyrrole nitrogens is 2. The smallest absolute Gasteiger partial charge is 0.137 e. The number of hydrogen-bond donors (Lipinski definition) is 2. The molecule has 0 amide bonds. The number of aromatic amines is 2. The highest BCUT2D eigenvalue weighted by Gasteiger charge is 2.23. The lowest BCUT2D eigenvalue weighted by Crippen LogP contribution is -2.05. The summed E-state index contributed by atoms with van der Waals surface area (Å²) in [7, 11) is 0. The molecule has 2 N–H and O–H groups in total. The van der Waals surface area contributed by atoms with Gasteiger partial charge in [0.05, 0.1) is 27.9 Å². The van der Waals surface area contributed by atoms with Gasteiger partial charge in [-0.3, -0.25) is 9.97 Å². The van der Waals surface area contributed by atoms with Crippen molar-refractivity contribution in [2.45, 2.75) is 39.7 Å². The van der Waals surface area contributed by atoms with Crippen molar-refractivity contribution in [3.63, 3.8) is 0 Å². The fourth-order valence-electron chi connectivity index (χ4n) is 5.80. The van der Waals surface area contributed by atoms with Gasteiger partial charge in [0.2, 0.25) is 0 Å². The summed E-state index contributed by atoms with van der Waals surface area (Å²) in [6.45, 7) is 6.90. The first-order chi connectivity index (χ1) is 19.1. The molecule has 190 valence electrons. The molecule has 7 aromatic rings. The van der Waals surface area contributed by atoms with Crippen LogP contribution in [0.15, 0.2) is 60.9 Å². The SMILES string of the molecule is CCc1nc2c([nH]1)COc1c-2ccc2cc(-c3ccc4c(c3)c3nccnc3c3[nH]c(C(C)C)nc43)ccc12.